The van der Waals surface area contributed by atoms with E-state index in [0.717, 1.165) is 24.0 Å². The minimum atomic E-state index is -0.937. The summed E-state index contributed by atoms with van der Waals surface area (Å²) in [5.41, 5.74) is 3.08. The third-order valence-electron chi connectivity index (χ3n) is 5.50. The fourth-order valence-electron chi connectivity index (χ4n) is 4.03. The van der Waals surface area contributed by atoms with Gasteiger partial charge < -0.3 is 20.1 Å². The Labute approximate surface area is 159 Å². The van der Waals surface area contributed by atoms with Gasteiger partial charge in [0.25, 0.3) is 5.91 Å². The van der Waals surface area contributed by atoms with Gasteiger partial charge in [0.15, 0.2) is 6.23 Å². The van der Waals surface area contributed by atoms with E-state index in [9.17, 15) is 14.7 Å². The van der Waals surface area contributed by atoms with Gasteiger partial charge in [0.1, 0.15) is 5.70 Å². The van der Waals surface area contributed by atoms with Crippen molar-refractivity contribution < 1.29 is 19.4 Å². The van der Waals surface area contributed by atoms with Crippen molar-refractivity contribution in [2.45, 2.75) is 50.8 Å². The lowest BCUT2D eigenvalue weighted by molar-refractivity contribution is -0.137. The maximum absolute atomic E-state index is 12.4. The van der Waals surface area contributed by atoms with Gasteiger partial charge in [-0.25, -0.2) is 4.79 Å². The average molecular weight is 370 g/mol. The van der Waals surface area contributed by atoms with Crippen molar-refractivity contribution in [1.82, 2.24) is 10.2 Å². The minimum absolute atomic E-state index is 0.0818. The van der Waals surface area contributed by atoms with E-state index in [0.29, 0.717) is 12.5 Å². The van der Waals surface area contributed by atoms with Crippen molar-refractivity contribution in [3.8, 4) is 0 Å². The zero-order valence-corrected chi connectivity index (χ0v) is 15.7. The van der Waals surface area contributed by atoms with Crippen LogP contribution in [0.15, 0.2) is 42.8 Å². The van der Waals surface area contributed by atoms with Crippen LogP contribution in [0.25, 0.3) is 0 Å². The summed E-state index contributed by atoms with van der Waals surface area (Å²) >= 11 is 0. The smallest absolute Gasteiger partial charge is 0.353 e. The summed E-state index contributed by atoms with van der Waals surface area (Å²) in [6.07, 6.45) is 5.12. The Morgan fingerprint density at radius 3 is 2.52 bits per heavy atom. The molecule has 1 aliphatic carbocycles. The van der Waals surface area contributed by atoms with Crippen LogP contribution in [0.5, 0.6) is 0 Å². The quantitative estimate of drug-likeness (QED) is 0.615. The molecule has 1 heterocycles. The molecular formula is C21H26N2O4. The molecular weight excluding hydrogens is 344 g/mol. The number of rotatable bonds is 5. The number of nitrogens with zero attached hydrogens (tertiary/aromatic N) is 1. The Bertz CT molecular complexity index is 780. The first-order valence-corrected chi connectivity index (χ1v) is 9.28. The van der Waals surface area contributed by atoms with Crippen LogP contribution in [-0.4, -0.2) is 29.0 Å². The molecule has 2 N–H and O–H groups in total. The first kappa shape index (κ1) is 19.2. The average Bonchev–Trinajstić information content (AvgIpc) is 3.04. The Morgan fingerprint density at radius 1 is 1.19 bits per heavy atom. The number of hydrogen-bond acceptors (Lipinski definition) is 5. The van der Waals surface area contributed by atoms with Gasteiger partial charge in [0.05, 0.1) is 12.8 Å². The largest absolute Gasteiger partial charge is 0.464 e. The standard InChI is InChI=1S/C21H26N2O4/c1-13(21(26)27-3)22-19(24)14(2)23-12-18-16(15-8-5-4-6-9-15)10-7-11-17(18)20(23)25/h7,10-11,15,20,25H,1-2,4-6,8-9,12H2,3H3,(H,22,24). The topological polar surface area (TPSA) is 78.9 Å². The van der Waals surface area contributed by atoms with Gasteiger partial charge in [-0.3, -0.25) is 4.79 Å². The summed E-state index contributed by atoms with van der Waals surface area (Å²) in [4.78, 5) is 25.4. The maximum atomic E-state index is 12.4. The number of carbonyl (C=O) groups excluding carboxylic acids is 2. The lowest BCUT2D eigenvalue weighted by Gasteiger charge is -2.25. The molecule has 0 bridgehead atoms. The van der Waals surface area contributed by atoms with Crippen molar-refractivity contribution >= 4 is 11.9 Å². The highest BCUT2D eigenvalue weighted by atomic mass is 16.5. The second-order valence-electron chi connectivity index (χ2n) is 7.12. The number of esters is 1. The molecule has 1 unspecified atom stereocenters. The predicted octanol–water partition coefficient (Wildman–Crippen LogP) is 2.86. The highest BCUT2D eigenvalue weighted by Gasteiger charge is 2.34. The van der Waals surface area contributed by atoms with Crippen molar-refractivity contribution in [2.75, 3.05) is 7.11 Å². The van der Waals surface area contributed by atoms with E-state index < -0.39 is 18.1 Å². The van der Waals surface area contributed by atoms with Crippen LogP contribution in [0, 0.1) is 0 Å². The summed E-state index contributed by atoms with van der Waals surface area (Å²) < 4.78 is 4.53. The van der Waals surface area contributed by atoms with Crippen LogP contribution in [-0.2, 0) is 20.9 Å². The molecule has 1 aromatic carbocycles. The highest BCUT2D eigenvalue weighted by Crippen LogP contribution is 2.42. The first-order valence-electron chi connectivity index (χ1n) is 9.28. The molecule has 6 heteroatoms. The molecule has 2 aliphatic rings. The fraction of sp³-hybridized carbons (Fsp3) is 0.429. The number of amides is 1. The van der Waals surface area contributed by atoms with Gasteiger partial charge in [-0.1, -0.05) is 50.6 Å². The molecule has 6 nitrogen and oxygen atoms in total. The zero-order chi connectivity index (χ0) is 19.6. The molecule has 0 radical (unpaired) electrons. The van der Waals surface area contributed by atoms with E-state index in [4.69, 9.17) is 0 Å². The number of aliphatic hydroxyl groups is 1. The summed E-state index contributed by atoms with van der Waals surface area (Å²) in [6, 6.07) is 6.00. The Kier molecular flexibility index (Phi) is 5.65. The van der Waals surface area contributed by atoms with Crippen molar-refractivity contribution in [3.63, 3.8) is 0 Å². The molecule has 1 aromatic rings. The molecule has 1 atom stereocenters. The lowest BCUT2D eigenvalue weighted by Crippen LogP contribution is -2.35. The van der Waals surface area contributed by atoms with Crippen LogP contribution in [0.3, 0.4) is 0 Å². The van der Waals surface area contributed by atoms with Crippen LogP contribution >= 0.6 is 0 Å². The van der Waals surface area contributed by atoms with Crippen molar-refractivity contribution in [2.24, 2.45) is 0 Å². The molecule has 1 fully saturated rings. The molecule has 144 valence electrons. The zero-order valence-electron chi connectivity index (χ0n) is 15.7. The third kappa shape index (κ3) is 3.76. The Morgan fingerprint density at radius 2 is 1.85 bits per heavy atom. The molecule has 1 aliphatic heterocycles. The SMILES string of the molecule is C=C(NC(=O)C(=C)N1Cc2c(C3CCCCC3)cccc2C1O)C(=O)OC. The van der Waals surface area contributed by atoms with Gasteiger partial charge in [-0.05, 0) is 29.9 Å². The lowest BCUT2D eigenvalue weighted by atomic mass is 9.81. The molecule has 0 aromatic heterocycles. The highest BCUT2D eigenvalue weighted by molar-refractivity contribution is 5.99. The number of benzene rings is 1. The normalized spacial score (nSPS) is 19.3. The fourth-order valence-corrected chi connectivity index (χ4v) is 4.03. The third-order valence-corrected chi connectivity index (χ3v) is 5.50. The number of ether oxygens (including phenoxy) is 1. The van der Waals surface area contributed by atoms with Gasteiger partial charge in [0.2, 0.25) is 0 Å². The van der Waals surface area contributed by atoms with Gasteiger partial charge >= 0.3 is 5.97 Å². The van der Waals surface area contributed by atoms with Crippen molar-refractivity contribution in [1.29, 1.82) is 0 Å². The molecule has 0 saturated heterocycles. The Balaban J connectivity index is 1.77. The van der Waals surface area contributed by atoms with E-state index >= 15 is 0 Å². The van der Waals surface area contributed by atoms with E-state index in [-0.39, 0.29) is 11.4 Å². The van der Waals surface area contributed by atoms with Gasteiger partial charge in [-0.15, -0.1) is 0 Å². The summed E-state index contributed by atoms with van der Waals surface area (Å²) in [6.45, 7) is 7.71. The van der Waals surface area contributed by atoms with E-state index in [1.54, 1.807) is 4.90 Å². The van der Waals surface area contributed by atoms with Crippen LogP contribution < -0.4 is 5.32 Å². The monoisotopic (exact) mass is 370 g/mol. The predicted molar refractivity (Wildman–Crippen MR) is 101 cm³/mol. The van der Waals surface area contributed by atoms with Crippen LogP contribution in [0.1, 0.15) is 60.9 Å². The first-order chi connectivity index (χ1) is 12.9. The summed E-state index contributed by atoms with van der Waals surface area (Å²) in [5, 5.41) is 13.1. The number of hydrogen-bond donors (Lipinski definition) is 2. The van der Waals surface area contributed by atoms with Crippen molar-refractivity contribution in [3.05, 3.63) is 59.4 Å². The van der Waals surface area contributed by atoms with E-state index in [2.05, 4.69) is 29.3 Å². The number of fused-ring (bicyclic) bond motifs is 1. The minimum Gasteiger partial charge on any atom is -0.464 e. The van der Waals surface area contributed by atoms with Crippen LogP contribution in [0.4, 0.5) is 0 Å². The van der Waals surface area contributed by atoms with Crippen LogP contribution in [0.2, 0.25) is 0 Å². The molecule has 1 saturated carbocycles. The summed E-state index contributed by atoms with van der Waals surface area (Å²) in [5.74, 6) is -0.806. The Hall–Kier alpha value is -2.60. The molecule has 27 heavy (non-hydrogen) atoms. The van der Waals surface area contributed by atoms with Gasteiger partial charge in [-0.2, -0.15) is 0 Å². The van der Waals surface area contributed by atoms with E-state index in [1.165, 1.54) is 31.9 Å². The number of nitrogens with one attached hydrogen (secondary N) is 1. The van der Waals surface area contributed by atoms with Gasteiger partial charge in [0, 0.05) is 12.1 Å². The summed E-state index contributed by atoms with van der Waals surface area (Å²) in [7, 11) is 1.21. The van der Waals surface area contributed by atoms with E-state index in [1.807, 2.05) is 12.1 Å². The number of carbonyl (C=O) groups is 2. The molecule has 1 amide bonds. The second kappa shape index (κ2) is 7.96. The number of methoxy groups -OCH3 is 1. The number of aliphatic hydroxyl groups excluding tert-OH is 1. The second-order valence-corrected chi connectivity index (χ2v) is 7.12. The molecule has 3 rings (SSSR count). The molecule has 0 spiro atoms. The maximum Gasteiger partial charge on any atom is 0.353 e.